The smallest absolute Gasteiger partial charge is 0.346 e. The van der Waals surface area contributed by atoms with E-state index in [1.807, 2.05) is 0 Å². The van der Waals surface area contributed by atoms with Crippen LogP contribution >= 0.6 is 0 Å². The zero-order valence-corrected chi connectivity index (χ0v) is 10.5. The minimum absolute atomic E-state index is 0.0199. The molecule has 0 heterocycles. The van der Waals surface area contributed by atoms with E-state index >= 15 is 0 Å². The molecule has 0 unspecified atom stereocenters. The van der Waals surface area contributed by atoms with Crippen LogP contribution in [0.2, 0.25) is 0 Å². The first-order valence-corrected chi connectivity index (χ1v) is 5.67. The highest BCUT2D eigenvalue weighted by atomic mass is 16.5. The van der Waals surface area contributed by atoms with E-state index in [9.17, 15) is 4.79 Å². The molecule has 0 amide bonds. The Labute approximate surface area is 107 Å². The zero-order chi connectivity index (χ0) is 13.8. The summed E-state index contributed by atoms with van der Waals surface area (Å²) in [5, 5.41) is 17.6. The van der Waals surface area contributed by atoms with Crippen LogP contribution in [0.4, 0.5) is 0 Å². The molecule has 0 saturated heterocycles. The second-order valence-corrected chi connectivity index (χ2v) is 3.27. The molecule has 0 saturated carbocycles. The van der Waals surface area contributed by atoms with Crippen molar-refractivity contribution in [3.63, 3.8) is 0 Å². The van der Waals surface area contributed by atoms with E-state index in [1.54, 1.807) is 24.1 Å². The predicted molar refractivity (Wildman–Crippen MR) is 68.4 cm³/mol. The van der Waals surface area contributed by atoms with E-state index in [4.69, 9.17) is 21.4 Å². The number of aliphatic hydroxyl groups is 2. The van der Waals surface area contributed by atoms with Crippen molar-refractivity contribution >= 4 is 5.97 Å². The quantitative estimate of drug-likeness (QED) is 0.274. The number of terminal acetylenes is 1. The van der Waals surface area contributed by atoms with Crippen molar-refractivity contribution in [3.8, 4) is 12.3 Å². The molecule has 0 aromatic rings. The number of aliphatic hydroxyl groups excluding tert-OH is 2. The van der Waals surface area contributed by atoms with Crippen LogP contribution in [0.3, 0.4) is 0 Å². The van der Waals surface area contributed by atoms with Gasteiger partial charge in [-0.15, -0.1) is 6.42 Å². The number of nitrogens with zero attached hydrogens (tertiary/aromatic N) is 1. The topological polar surface area (TPSA) is 70.0 Å². The van der Waals surface area contributed by atoms with Gasteiger partial charge < -0.3 is 19.8 Å². The van der Waals surface area contributed by atoms with Crippen LogP contribution in [0.15, 0.2) is 23.9 Å². The van der Waals surface area contributed by atoms with E-state index in [2.05, 4.69) is 5.92 Å². The Kier molecular flexibility index (Phi) is 9.37. The number of rotatable bonds is 8. The molecule has 0 aromatic heterocycles. The first-order chi connectivity index (χ1) is 8.69. The third kappa shape index (κ3) is 6.74. The number of ether oxygens (including phenoxy) is 1. The van der Waals surface area contributed by atoms with Crippen molar-refractivity contribution in [3.05, 3.63) is 23.9 Å². The number of esters is 1. The lowest BCUT2D eigenvalue weighted by Crippen LogP contribution is -2.24. The molecule has 0 bridgehead atoms. The van der Waals surface area contributed by atoms with Gasteiger partial charge in [0.25, 0.3) is 0 Å². The lowest BCUT2D eigenvalue weighted by Gasteiger charge is -2.16. The Bertz CT molecular complexity index is 335. The summed E-state index contributed by atoms with van der Waals surface area (Å²) in [5.74, 6) is 1.70. The average Bonchev–Trinajstić information content (AvgIpc) is 2.35. The van der Waals surface area contributed by atoms with Crippen LogP contribution in [0.25, 0.3) is 0 Å². The molecule has 0 rings (SSSR count). The van der Waals surface area contributed by atoms with Crippen molar-refractivity contribution in [2.24, 2.45) is 0 Å². The van der Waals surface area contributed by atoms with Crippen LogP contribution in [-0.2, 0) is 9.53 Å². The van der Waals surface area contributed by atoms with Gasteiger partial charge >= 0.3 is 5.97 Å². The molecule has 0 aliphatic heterocycles. The Balaban J connectivity index is 4.54. The second-order valence-electron chi connectivity index (χ2n) is 3.27. The first-order valence-electron chi connectivity index (χ1n) is 5.67. The number of carbonyl (C=O) groups excluding carboxylic acids is 1. The van der Waals surface area contributed by atoms with Crippen molar-refractivity contribution in [2.75, 3.05) is 32.9 Å². The van der Waals surface area contributed by atoms with Gasteiger partial charge in [0.05, 0.1) is 19.8 Å². The largest absolute Gasteiger partial charge is 0.462 e. The van der Waals surface area contributed by atoms with Gasteiger partial charge in [0.1, 0.15) is 5.57 Å². The van der Waals surface area contributed by atoms with E-state index in [0.29, 0.717) is 13.1 Å². The van der Waals surface area contributed by atoms with E-state index in [0.717, 1.165) is 0 Å². The molecule has 2 N–H and O–H groups in total. The van der Waals surface area contributed by atoms with Crippen molar-refractivity contribution in [1.82, 2.24) is 4.90 Å². The Morgan fingerprint density at radius 1 is 1.39 bits per heavy atom. The highest BCUT2D eigenvalue weighted by Crippen LogP contribution is 1.98. The SMILES string of the molecule is C#C/C(=C\C=C\N(CCO)CCO)C(=O)OCC. The first kappa shape index (κ1) is 16.2. The molecule has 0 fully saturated rings. The molecule has 18 heavy (non-hydrogen) atoms. The number of hydrogen-bond donors (Lipinski definition) is 2. The highest BCUT2D eigenvalue weighted by molar-refractivity contribution is 5.93. The summed E-state index contributed by atoms with van der Waals surface area (Å²) in [4.78, 5) is 13.0. The van der Waals surface area contributed by atoms with Gasteiger partial charge in [0.15, 0.2) is 0 Å². The van der Waals surface area contributed by atoms with Gasteiger partial charge in [-0.05, 0) is 25.3 Å². The maximum atomic E-state index is 11.3. The van der Waals surface area contributed by atoms with Crippen LogP contribution in [0, 0.1) is 12.3 Å². The number of carbonyl (C=O) groups is 1. The second kappa shape index (κ2) is 10.4. The van der Waals surface area contributed by atoms with E-state index in [1.165, 1.54) is 6.08 Å². The average molecular weight is 253 g/mol. The number of allylic oxidation sites excluding steroid dienone is 2. The molecule has 5 heteroatoms. The fourth-order valence-electron chi connectivity index (χ4n) is 1.16. The Morgan fingerprint density at radius 3 is 2.44 bits per heavy atom. The maximum absolute atomic E-state index is 11.3. The normalized spacial score (nSPS) is 11.3. The van der Waals surface area contributed by atoms with Crippen molar-refractivity contribution < 1.29 is 19.7 Å². The third-order valence-corrected chi connectivity index (χ3v) is 1.99. The monoisotopic (exact) mass is 253 g/mol. The molecule has 100 valence electrons. The lowest BCUT2D eigenvalue weighted by atomic mass is 10.2. The molecule has 0 aliphatic carbocycles. The minimum Gasteiger partial charge on any atom is -0.462 e. The van der Waals surface area contributed by atoms with Crippen LogP contribution < -0.4 is 0 Å². The van der Waals surface area contributed by atoms with Crippen LogP contribution in [-0.4, -0.2) is 54.0 Å². The molecule has 5 nitrogen and oxygen atoms in total. The van der Waals surface area contributed by atoms with Crippen molar-refractivity contribution in [2.45, 2.75) is 6.92 Å². The molecular formula is C13H19NO4. The fraction of sp³-hybridized carbons (Fsp3) is 0.462. The van der Waals surface area contributed by atoms with Gasteiger partial charge in [-0.3, -0.25) is 0 Å². The maximum Gasteiger partial charge on any atom is 0.346 e. The fourth-order valence-corrected chi connectivity index (χ4v) is 1.16. The molecule has 0 atom stereocenters. The summed E-state index contributed by atoms with van der Waals surface area (Å²) in [6.07, 6.45) is 9.87. The van der Waals surface area contributed by atoms with Crippen LogP contribution in [0.1, 0.15) is 6.92 Å². The zero-order valence-electron chi connectivity index (χ0n) is 10.5. The van der Waals surface area contributed by atoms with Gasteiger partial charge in [-0.2, -0.15) is 0 Å². The summed E-state index contributed by atoms with van der Waals surface area (Å²) < 4.78 is 4.77. The summed E-state index contributed by atoms with van der Waals surface area (Å²) >= 11 is 0. The molecule has 0 spiro atoms. The Morgan fingerprint density at radius 2 is 2.00 bits per heavy atom. The van der Waals surface area contributed by atoms with E-state index < -0.39 is 5.97 Å². The van der Waals surface area contributed by atoms with Crippen molar-refractivity contribution in [1.29, 1.82) is 0 Å². The Hall–Kier alpha value is -1.77. The summed E-state index contributed by atoms with van der Waals surface area (Å²) in [5.41, 5.74) is 0.126. The summed E-state index contributed by atoms with van der Waals surface area (Å²) in [6, 6.07) is 0. The molecule has 0 aromatic carbocycles. The molecular weight excluding hydrogens is 234 g/mol. The summed E-state index contributed by atoms with van der Waals surface area (Å²) in [6.45, 7) is 2.72. The van der Waals surface area contributed by atoms with Gasteiger partial charge in [0, 0.05) is 13.1 Å². The predicted octanol–water partition coefficient (Wildman–Crippen LogP) is -0.0906. The molecule has 0 aliphatic rings. The molecule has 0 radical (unpaired) electrons. The van der Waals surface area contributed by atoms with Gasteiger partial charge in [-0.1, -0.05) is 5.92 Å². The third-order valence-electron chi connectivity index (χ3n) is 1.99. The van der Waals surface area contributed by atoms with Gasteiger partial charge in [-0.25, -0.2) is 4.79 Å². The van der Waals surface area contributed by atoms with E-state index in [-0.39, 0.29) is 25.4 Å². The highest BCUT2D eigenvalue weighted by Gasteiger charge is 2.05. The number of hydrogen-bond acceptors (Lipinski definition) is 5. The minimum atomic E-state index is -0.541. The van der Waals surface area contributed by atoms with Crippen LogP contribution in [0.5, 0.6) is 0 Å². The lowest BCUT2D eigenvalue weighted by molar-refractivity contribution is -0.137. The standard InChI is InChI=1S/C13H19NO4/c1-3-12(13(17)18-4-2)6-5-7-14(8-10-15)9-11-16/h1,5-7,15-16H,4,8-11H2,2H3/b7-5+,12-6+. The van der Waals surface area contributed by atoms with Gasteiger partial charge in [0.2, 0.25) is 0 Å². The summed E-state index contributed by atoms with van der Waals surface area (Å²) in [7, 11) is 0.